The van der Waals surface area contributed by atoms with Crippen LogP contribution in [0.25, 0.3) is 10.9 Å². The number of hydrazine groups is 1. The predicted octanol–water partition coefficient (Wildman–Crippen LogP) is 2.28. The van der Waals surface area contributed by atoms with Crippen LogP contribution in [0.5, 0.6) is 0 Å². The van der Waals surface area contributed by atoms with Gasteiger partial charge in [-0.3, -0.25) is 10.2 Å². The van der Waals surface area contributed by atoms with Gasteiger partial charge in [-0.15, -0.1) is 11.8 Å². The molecule has 0 aliphatic heterocycles. The van der Waals surface area contributed by atoms with Gasteiger partial charge in [0.15, 0.2) is 0 Å². The number of hydrogen-bond acceptors (Lipinski definition) is 3. The fourth-order valence-corrected chi connectivity index (χ4v) is 2.68. The van der Waals surface area contributed by atoms with Gasteiger partial charge < -0.3 is 4.98 Å². The quantitative estimate of drug-likeness (QED) is 0.343. The third kappa shape index (κ3) is 2.68. The third-order valence-corrected chi connectivity index (χ3v) is 4.24. The number of fused-ring (bicyclic) bond motifs is 1. The fraction of sp³-hybridized carbons (Fsp3) is 0.308. The average molecular weight is 263 g/mol. The Bertz CT molecular complexity index is 529. The van der Waals surface area contributed by atoms with Crippen LogP contribution in [-0.4, -0.2) is 16.6 Å². The summed E-state index contributed by atoms with van der Waals surface area (Å²) in [5.41, 5.74) is 2.83. The minimum absolute atomic E-state index is 0.147. The Hall–Kier alpha value is -1.46. The molecule has 0 bridgehead atoms. The van der Waals surface area contributed by atoms with Crippen LogP contribution in [-0.2, 0) is 4.79 Å². The van der Waals surface area contributed by atoms with Crippen molar-refractivity contribution in [2.24, 2.45) is 11.3 Å². The minimum Gasteiger partial charge on any atom is -0.350 e. The standard InChI is InChI=1S/C13H17N3OS/c1-13(2,12(17)16-14)8-18-11-7-9-5-3-4-6-10(9)15-11/h3-7,15H,8,14H2,1-2H3,(H,16,17). The summed E-state index contributed by atoms with van der Waals surface area (Å²) in [6.45, 7) is 3.76. The van der Waals surface area contributed by atoms with Crippen LogP contribution in [0.15, 0.2) is 35.4 Å². The van der Waals surface area contributed by atoms with Gasteiger partial charge in [-0.1, -0.05) is 32.0 Å². The van der Waals surface area contributed by atoms with Crippen LogP contribution >= 0.6 is 11.8 Å². The highest BCUT2D eigenvalue weighted by atomic mass is 32.2. The van der Waals surface area contributed by atoms with Crippen molar-refractivity contribution >= 4 is 28.6 Å². The number of aromatic amines is 1. The lowest BCUT2D eigenvalue weighted by Gasteiger charge is -2.21. The first-order valence-corrected chi connectivity index (χ1v) is 6.73. The lowest BCUT2D eigenvalue weighted by Crippen LogP contribution is -2.42. The monoisotopic (exact) mass is 263 g/mol. The van der Waals surface area contributed by atoms with E-state index in [1.165, 1.54) is 5.39 Å². The number of aromatic nitrogens is 1. The molecule has 2 aromatic rings. The van der Waals surface area contributed by atoms with Crippen molar-refractivity contribution in [3.8, 4) is 0 Å². The summed E-state index contributed by atoms with van der Waals surface area (Å²) >= 11 is 1.62. The number of rotatable bonds is 4. The van der Waals surface area contributed by atoms with E-state index in [4.69, 9.17) is 5.84 Å². The maximum atomic E-state index is 11.6. The van der Waals surface area contributed by atoms with Crippen molar-refractivity contribution in [3.05, 3.63) is 30.3 Å². The summed E-state index contributed by atoms with van der Waals surface area (Å²) in [4.78, 5) is 14.9. The Morgan fingerprint density at radius 2 is 2.17 bits per heavy atom. The highest BCUT2D eigenvalue weighted by molar-refractivity contribution is 7.99. The number of para-hydroxylation sites is 1. The molecule has 18 heavy (non-hydrogen) atoms. The van der Waals surface area contributed by atoms with Crippen LogP contribution in [0.4, 0.5) is 0 Å². The highest BCUT2D eigenvalue weighted by Crippen LogP contribution is 2.29. The molecule has 0 spiro atoms. The summed E-state index contributed by atoms with van der Waals surface area (Å²) in [5.74, 6) is 5.69. The molecule has 2 rings (SSSR count). The lowest BCUT2D eigenvalue weighted by molar-refractivity contribution is -0.128. The van der Waals surface area contributed by atoms with Crippen LogP contribution in [0.3, 0.4) is 0 Å². The molecule has 4 N–H and O–H groups in total. The maximum Gasteiger partial charge on any atom is 0.240 e. The van der Waals surface area contributed by atoms with Crippen LogP contribution in [0.1, 0.15) is 13.8 Å². The Morgan fingerprint density at radius 3 is 2.83 bits per heavy atom. The third-order valence-electron chi connectivity index (χ3n) is 2.84. The summed E-state index contributed by atoms with van der Waals surface area (Å²) < 4.78 is 0. The van der Waals surface area contributed by atoms with E-state index in [1.54, 1.807) is 11.8 Å². The zero-order valence-corrected chi connectivity index (χ0v) is 11.3. The molecule has 0 saturated carbocycles. The first-order chi connectivity index (χ1) is 8.53. The zero-order chi connectivity index (χ0) is 13.2. The van der Waals surface area contributed by atoms with E-state index in [1.807, 2.05) is 32.0 Å². The molecule has 1 aromatic carbocycles. The smallest absolute Gasteiger partial charge is 0.240 e. The van der Waals surface area contributed by atoms with Gasteiger partial charge in [-0.05, 0) is 12.1 Å². The van der Waals surface area contributed by atoms with E-state index in [0.29, 0.717) is 5.75 Å². The normalized spacial score (nSPS) is 11.7. The molecule has 96 valence electrons. The largest absolute Gasteiger partial charge is 0.350 e. The number of carbonyl (C=O) groups is 1. The SMILES string of the molecule is CC(C)(CSc1cc2ccccc2[nH]1)C(=O)NN. The molecule has 4 nitrogen and oxygen atoms in total. The highest BCUT2D eigenvalue weighted by Gasteiger charge is 2.27. The molecule has 1 amide bonds. The fourth-order valence-electron chi connectivity index (χ4n) is 1.64. The second-order valence-corrected chi connectivity index (χ2v) is 5.88. The van der Waals surface area contributed by atoms with E-state index in [0.717, 1.165) is 10.5 Å². The number of nitrogens with one attached hydrogen (secondary N) is 2. The molecule has 5 heteroatoms. The Morgan fingerprint density at radius 1 is 1.44 bits per heavy atom. The van der Waals surface area contributed by atoms with Gasteiger partial charge in [0.1, 0.15) is 0 Å². The minimum atomic E-state index is -0.489. The number of nitrogens with two attached hydrogens (primary N) is 1. The molecule has 0 radical (unpaired) electrons. The van der Waals surface area contributed by atoms with E-state index in [-0.39, 0.29) is 5.91 Å². The van der Waals surface area contributed by atoms with Gasteiger partial charge in [0, 0.05) is 16.7 Å². The second-order valence-electron chi connectivity index (χ2n) is 4.87. The molecule has 0 aliphatic carbocycles. The van der Waals surface area contributed by atoms with Gasteiger partial charge in [0.05, 0.1) is 10.4 Å². The van der Waals surface area contributed by atoms with Crippen molar-refractivity contribution < 1.29 is 4.79 Å². The molecule has 0 fully saturated rings. The van der Waals surface area contributed by atoms with Crippen LogP contribution < -0.4 is 11.3 Å². The number of amides is 1. The van der Waals surface area contributed by atoms with Gasteiger partial charge in [0.25, 0.3) is 0 Å². The first kappa shape index (κ1) is 13.0. The number of H-pyrrole nitrogens is 1. The molecule has 0 unspecified atom stereocenters. The molecule has 0 saturated heterocycles. The summed E-state index contributed by atoms with van der Waals surface area (Å²) in [6.07, 6.45) is 0. The number of benzene rings is 1. The number of hydrogen-bond donors (Lipinski definition) is 3. The Labute approximate surface area is 110 Å². The van der Waals surface area contributed by atoms with Crippen molar-refractivity contribution in [1.82, 2.24) is 10.4 Å². The van der Waals surface area contributed by atoms with Gasteiger partial charge >= 0.3 is 0 Å². The van der Waals surface area contributed by atoms with Crippen molar-refractivity contribution in [3.63, 3.8) is 0 Å². The Kier molecular flexibility index (Phi) is 3.63. The zero-order valence-electron chi connectivity index (χ0n) is 10.5. The summed E-state index contributed by atoms with van der Waals surface area (Å²) in [6, 6.07) is 10.2. The molecular weight excluding hydrogens is 246 g/mol. The number of thioether (sulfide) groups is 1. The van der Waals surface area contributed by atoms with Gasteiger partial charge in [-0.25, -0.2) is 5.84 Å². The van der Waals surface area contributed by atoms with Crippen molar-refractivity contribution in [2.45, 2.75) is 18.9 Å². The molecule has 0 atom stereocenters. The van der Waals surface area contributed by atoms with E-state index in [9.17, 15) is 4.79 Å². The summed E-state index contributed by atoms with van der Waals surface area (Å²) in [7, 11) is 0. The van der Waals surface area contributed by atoms with E-state index < -0.39 is 5.41 Å². The van der Waals surface area contributed by atoms with Gasteiger partial charge in [0.2, 0.25) is 5.91 Å². The first-order valence-electron chi connectivity index (χ1n) is 5.74. The van der Waals surface area contributed by atoms with Crippen LogP contribution in [0, 0.1) is 5.41 Å². The van der Waals surface area contributed by atoms with E-state index in [2.05, 4.69) is 22.5 Å². The Balaban J connectivity index is 2.08. The number of carbonyl (C=O) groups excluding carboxylic acids is 1. The summed E-state index contributed by atoms with van der Waals surface area (Å²) in [5, 5.41) is 2.25. The predicted molar refractivity (Wildman–Crippen MR) is 75.1 cm³/mol. The molecule has 0 aliphatic rings. The molecular formula is C13H17N3OS. The molecule has 1 heterocycles. The topological polar surface area (TPSA) is 70.9 Å². The lowest BCUT2D eigenvalue weighted by atomic mass is 9.96. The van der Waals surface area contributed by atoms with Crippen molar-refractivity contribution in [1.29, 1.82) is 0 Å². The molecule has 1 aromatic heterocycles. The average Bonchev–Trinajstić information content (AvgIpc) is 2.78. The second kappa shape index (κ2) is 5.04. The van der Waals surface area contributed by atoms with Crippen molar-refractivity contribution in [2.75, 3.05) is 5.75 Å². The van der Waals surface area contributed by atoms with Gasteiger partial charge in [-0.2, -0.15) is 0 Å². The van der Waals surface area contributed by atoms with Crippen LogP contribution in [0.2, 0.25) is 0 Å². The maximum absolute atomic E-state index is 11.6. The van der Waals surface area contributed by atoms with E-state index >= 15 is 0 Å².